The van der Waals surface area contributed by atoms with Gasteiger partial charge in [0.15, 0.2) is 0 Å². The summed E-state index contributed by atoms with van der Waals surface area (Å²) in [6.07, 6.45) is 0.357. The molecule has 7 heteroatoms. The summed E-state index contributed by atoms with van der Waals surface area (Å²) >= 11 is 5.85. The van der Waals surface area contributed by atoms with Gasteiger partial charge in [-0.15, -0.1) is 0 Å². The van der Waals surface area contributed by atoms with Crippen LogP contribution in [-0.4, -0.2) is 30.8 Å². The minimum absolute atomic E-state index is 0.266. The van der Waals surface area contributed by atoms with Crippen LogP contribution in [0.5, 0.6) is 5.75 Å². The predicted octanol–water partition coefficient (Wildman–Crippen LogP) is 2.58. The van der Waals surface area contributed by atoms with Crippen molar-refractivity contribution in [3.63, 3.8) is 0 Å². The summed E-state index contributed by atoms with van der Waals surface area (Å²) in [5, 5.41) is 14.4. The van der Waals surface area contributed by atoms with E-state index in [1.54, 1.807) is 25.1 Å². The van der Waals surface area contributed by atoms with E-state index in [-0.39, 0.29) is 6.54 Å². The number of carbonyl (C=O) groups excluding carboxylic acids is 1. The van der Waals surface area contributed by atoms with Crippen molar-refractivity contribution >= 4 is 29.3 Å². The lowest BCUT2D eigenvalue weighted by Gasteiger charge is -2.12. The number of nitrogens with one attached hydrogen (secondary N) is 2. The molecule has 0 aromatic heterocycles. The third-order valence-corrected chi connectivity index (χ3v) is 2.93. The smallest absolute Gasteiger partial charge is 0.319 e. The molecule has 1 atom stereocenters. The number of rotatable bonds is 6. The van der Waals surface area contributed by atoms with E-state index in [2.05, 4.69) is 10.6 Å². The van der Waals surface area contributed by atoms with Crippen LogP contribution in [0.25, 0.3) is 0 Å². The highest BCUT2D eigenvalue weighted by molar-refractivity contribution is 6.31. The van der Waals surface area contributed by atoms with E-state index in [1.807, 2.05) is 0 Å². The number of methoxy groups -OCH3 is 1. The molecule has 20 heavy (non-hydrogen) atoms. The van der Waals surface area contributed by atoms with Crippen LogP contribution in [0.3, 0.4) is 0 Å². The number of carboxylic acids is 1. The average Bonchev–Trinajstić information content (AvgIpc) is 2.38. The van der Waals surface area contributed by atoms with Crippen LogP contribution in [0.4, 0.5) is 10.5 Å². The van der Waals surface area contributed by atoms with Crippen molar-refractivity contribution in [2.75, 3.05) is 19.0 Å². The molecular weight excluding hydrogens is 284 g/mol. The van der Waals surface area contributed by atoms with Gasteiger partial charge in [-0.25, -0.2) is 4.79 Å². The van der Waals surface area contributed by atoms with E-state index in [1.165, 1.54) is 7.11 Å². The lowest BCUT2D eigenvalue weighted by Crippen LogP contribution is -2.31. The Hall–Kier alpha value is -1.95. The second-order valence-electron chi connectivity index (χ2n) is 4.25. The molecule has 0 saturated carbocycles. The number of urea groups is 1. The van der Waals surface area contributed by atoms with Crippen LogP contribution >= 0.6 is 11.6 Å². The Labute approximate surface area is 122 Å². The van der Waals surface area contributed by atoms with Crippen LogP contribution < -0.4 is 15.4 Å². The molecule has 1 aromatic carbocycles. The molecule has 0 radical (unpaired) electrons. The fourth-order valence-electron chi connectivity index (χ4n) is 1.47. The van der Waals surface area contributed by atoms with E-state index >= 15 is 0 Å². The molecule has 0 saturated heterocycles. The molecule has 1 aromatic rings. The molecule has 2 amide bonds. The lowest BCUT2D eigenvalue weighted by molar-refractivity contribution is -0.141. The average molecular weight is 301 g/mol. The van der Waals surface area contributed by atoms with Gasteiger partial charge >= 0.3 is 12.0 Å². The summed E-state index contributed by atoms with van der Waals surface area (Å²) in [7, 11) is 1.49. The van der Waals surface area contributed by atoms with E-state index < -0.39 is 17.9 Å². The third kappa shape index (κ3) is 4.97. The summed E-state index contributed by atoms with van der Waals surface area (Å²) in [4.78, 5) is 22.3. The van der Waals surface area contributed by atoms with Crippen LogP contribution in [0.15, 0.2) is 18.2 Å². The zero-order valence-corrected chi connectivity index (χ0v) is 12.0. The lowest BCUT2D eigenvalue weighted by atomic mass is 10.1. The van der Waals surface area contributed by atoms with Gasteiger partial charge < -0.3 is 20.5 Å². The maximum Gasteiger partial charge on any atom is 0.319 e. The van der Waals surface area contributed by atoms with E-state index in [0.29, 0.717) is 22.9 Å². The van der Waals surface area contributed by atoms with Crippen molar-refractivity contribution in [1.29, 1.82) is 0 Å². The van der Waals surface area contributed by atoms with Gasteiger partial charge in [-0.05, 0) is 24.6 Å². The Morgan fingerprint density at radius 1 is 1.45 bits per heavy atom. The second kappa shape index (κ2) is 7.59. The number of amides is 2. The molecule has 0 aliphatic heterocycles. The molecule has 0 spiro atoms. The van der Waals surface area contributed by atoms with Gasteiger partial charge in [0.1, 0.15) is 5.75 Å². The predicted molar refractivity (Wildman–Crippen MR) is 76.4 cm³/mol. The maximum atomic E-state index is 11.7. The van der Waals surface area contributed by atoms with Crippen molar-refractivity contribution < 1.29 is 19.4 Å². The van der Waals surface area contributed by atoms with Crippen molar-refractivity contribution in [2.24, 2.45) is 5.92 Å². The number of halogens is 1. The van der Waals surface area contributed by atoms with Gasteiger partial charge in [0.25, 0.3) is 0 Å². The molecule has 0 heterocycles. The molecule has 6 nitrogen and oxygen atoms in total. The standard InChI is InChI=1S/C13H17ClN2O4/c1-8(12(17)18)5-6-15-13(19)16-10-7-9(14)3-4-11(10)20-2/h3-4,7-8H,5-6H2,1-2H3,(H,17,18)(H2,15,16,19). The first-order valence-corrected chi connectivity index (χ1v) is 6.43. The number of carbonyl (C=O) groups is 2. The number of carboxylic acid groups (broad SMARTS) is 1. The number of aliphatic carboxylic acids is 1. The van der Waals surface area contributed by atoms with E-state index in [0.717, 1.165) is 0 Å². The molecule has 1 rings (SSSR count). The van der Waals surface area contributed by atoms with Crippen LogP contribution in [0, 0.1) is 5.92 Å². The third-order valence-electron chi connectivity index (χ3n) is 2.69. The van der Waals surface area contributed by atoms with Gasteiger partial charge in [0.2, 0.25) is 0 Å². The quantitative estimate of drug-likeness (QED) is 0.753. The molecule has 1 unspecified atom stereocenters. The first-order valence-electron chi connectivity index (χ1n) is 6.05. The molecule has 0 aliphatic rings. The molecule has 0 bridgehead atoms. The summed E-state index contributed by atoms with van der Waals surface area (Å²) in [5.74, 6) is -0.900. The van der Waals surface area contributed by atoms with Gasteiger partial charge in [-0.3, -0.25) is 4.79 Å². The summed E-state index contributed by atoms with van der Waals surface area (Å²) in [6.45, 7) is 1.85. The largest absolute Gasteiger partial charge is 0.495 e. The topological polar surface area (TPSA) is 87.7 Å². The van der Waals surface area contributed by atoms with E-state index in [4.69, 9.17) is 21.4 Å². The Morgan fingerprint density at radius 3 is 2.75 bits per heavy atom. The summed E-state index contributed by atoms with van der Waals surface area (Å²) in [5.41, 5.74) is 0.448. The monoisotopic (exact) mass is 300 g/mol. The van der Waals surface area contributed by atoms with E-state index in [9.17, 15) is 9.59 Å². The minimum atomic E-state index is -0.885. The Balaban J connectivity index is 2.50. The Kier molecular flexibility index (Phi) is 6.11. The number of ether oxygens (including phenoxy) is 1. The van der Waals surface area contributed by atoms with Crippen molar-refractivity contribution in [1.82, 2.24) is 5.32 Å². The van der Waals surface area contributed by atoms with Crippen LogP contribution in [0.1, 0.15) is 13.3 Å². The molecule has 0 aliphatic carbocycles. The molecule has 3 N–H and O–H groups in total. The Bertz CT molecular complexity index is 493. The second-order valence-corrected chi connectivity index (χ2v) is 4.69. The normalized spacial score (nSPS) is 11.6. The highest BCUT2D eigenvalue weighted by atomic mass is 35.5. The highest BCUT2D eigenvalue weighted by Crippen LogP contribution is 2.27. The van der Waals surface area contributed by atoms with Gasteiger partial charge in [0.05, 0.1) is 18.7 Å². The van der Waals surface area contributed by atoms with Gasteiger partial charge in [-0.1, -0.05) is 18.5 Å². The van der Waals surface area contributed by atoms with Crippen molar-refractivity contribution in [3.8, 4) is 5.75 Å². The summed E-state index contributed by atoms with van der Waals surface area (Å²) in [6, 6.07) is 4.42. The van der Waals surface area contributed by atoms with Crippen molar-refractivity contribution in [2.45, 2.75) is 13.3 Å². The SMILES string of the molecule is COc1ccc(Cl)cc1NC(=O)NCCC(C)C(=O)O. The first-order chi connectivity index (χ1) is 9.43. The van der Waals surface area contributed by atoms with Gasteiger partial charge in [-0.2, -0.15) is 0 Å². The minimum Gasteiger partial charge on any atom is -0.495 e. The Morgan fingerprint density at radius 2 is 2.15 bits per heavy atom. The zero-order chi connectivity index (χ0) is 15.1. The highest BCUT2D eigenvalue weighted by Gasteiger charge is 2.12. The first kappa shape index (κ1) is 16.1. The maximum absolute atomic E-state index is 11.7. The number of anilines is 1. The number of hydrogen-bond donors (Lipinski definition) is 3. The fraction of sp³-hybridized carbons (Fsp3) is 0.385. The zero-order valence-electron chi connectivity index (χ0n) is 11.3. The van der Waals surface area contributed by atoms with Crippen LogP contribution in [-0.2, 0) is 4.79 Å². The molecular formula is C13H17ClN2O4. The number of hydrogen-bond acceptors (Lipinski definition) is 3. The van der Waals surface area contributed by atoms with Gasteiger partial charge in [0, 0.05) is 11.6 Å². The summed E-state index contributed by atoms with van der Waals surface area (Å²) < 4.78 is 5.10. The molecule has 0 fully saturated rings. The number of benzene rings is 1. The fourth-order valence-corrected chi connectivity index (χ4v) is 1.64. The molecule has 110 valence electrons. The van der Waals surface area contributed by atoms with Crippen molar-refractivity contribution in [3.05, 3.63) is 23.2 Å². The van der Waals surface area contributed by atoms with Crippen LogP contribution in [0.2, 0.25) is 5.02 Å².